The van der Waals surface area contributed by atoms with Gasteiger partial charge in [-0.2, -0.15) is 0 Å². The predicted octanol–water partition coefficient (Wildman–Crippen LogP) is 5.63. The zero-order valence-corrected chi connectivity index (χ0v) is 13.8. The van der Waals surface area contributed by atoms with E-state index in [1.54, 1.807) is 0 Å². The van der Waals surface area contributed by atoms with Crippen molar-refractivity contribution in [3.05, 3.63) is 34.9 Å². The van der Waals surface area contributed by atoms with Gasteiger partial charge in [0.2, 0.25) is 0 Å². The number of Topliss-reactive ketones (excluding diaryl/α,β-unsaturated/α-hetero) is 1. The van der Waals surface area contributed by atoms with Crippen molar-refractivity contribution in [2.45, 2.75) is 66.7 Å². The van der Waals surface area contributed by atoms with Gasteiger partial charge in [0.25, 0.3) is 0 Å². The Balaban J connectivity index is 2.82. The van der Waals surface area contributed by atoms with E-state index >= 15 is 0 Å². The van der Waals surface area contributed by atoms with Crippen LogP contribution in [0.5, 0.6) is 0 Å². The number of ketones is 1. The van der Waals surface area contributed by atoms with E-state index < -0.39 is 0 Å². The van der Waals surface area contributed by atoms with Crippen LogP contribution in [0.15, 0.2) is 34.9 Å². The SMILES string of the molecule is CC1=CC=C(C(C)CC(=O)C(C)C)CCC(C)=CCC1. The van der Waals surface area contributed by atoms with Gasteiger partial charge in [0, 0.05) is 12.3 Å². The quantitative estimate of drug-likeness (QED) is 0.607. The highest BCUT2D eigenvalue weighted by atomic mass is 16.1. The second kappa shape index (κ2) is 8.24. The molecule has 0 spiro atoms. The third kappa shape index (κ3) is 5.90. The molecule has 0 aromatic heterocycles. The normalized spacial score (nSPS) is 19.0. The summed E-state index contributed by atoms with van der Waals surface area (Å²) in [4.78, 5) is 11.9. The highest BCUT2D eigenvalue weighted by Gasteiger charge is 2.16. The second-order valence-electron chi connectivity index (χ2n) is 6.57. The van der Waals surface area contributed by atoms with Crippen molar-refractivity contribution in [3.63, 3.8) is 0 Å². The highest BCUT2D eigenvalue weighted by Crippen LogP contribution is 2.25. The maximum absolute atomic E-state index is 11.9. The highest BCUT2D eigenvalue weighted by molar-refractivity contribution is 5.80. The largest absolute Gasteiger partial charge is 0.299 e. The van der Waals surface area contributed by atoms with Gasteiger partial charge in [-0.3, -0.25) is 4.79 Å². The fourth-order valence-corrected chi connectivity index (χ4v) is 2.49. The van der Waals surface area contributed by atoms with E-state index in [0.717, 1.165) is 25.7 Å². The number of carbonyl (C=O) groups is 1. The van der Waals surface area contributed by atoms with E-state index in [1.165, 1.54) is 16.7 Å². The number of rotatable bonds is 4. The van der Waals surface area contributed by atoms with E-state index in [-0.39, 0.29) is 5.92 Å². The second-order valence-corrected chi connectivity index (χ2v) is 6.57. The summed E-state index contributed by atoms with van der Waals surface area (Å²) in [5, 5.41) is 0. The van der Waals surface area contributed by atoms with Gasteiger partial charge in [0.15, 0.2) is 0 Å². The third-order valence-electron chi connectivity index (χ3n) is 4.21. The average Bonchev–Trinajstić information content (AvgIpc) is 2.38. The molecule has 1 heteroatoms. The minimum Gasteiger partial charge on any atom is -0.299 e. The molecule has 1 aliphatic carbocycles. The Labute approximate surface area is 124 Å². The molecule has 112 valence electrons. The molecular formula is C19H30O. The molecule has 0 aliphatic heterocycles. The fourth-order valence-electron chi connectivity index (χ4n) is 2.49. The summed E-state index contributed by atoms with van der Waals surface area (Å²) in [6.45, 7) is 10.6. The average molecular weight is 274 g/mol. The van der Waals surface area contributed by atoms with E-state index in [9.17, 15) is 4.79 Å². The first-order chi connectivity index (χ1) is 9.40. The molecule has 0 radical (unpaired) electrons. The minimum absolute atomic E-state index is 0.150. The number of allylic oxidation sites excluding steroid dienone is 6. The standard InChI is InChI=1S/C19H30O/c1-14(2)19(20)13-17(5)18-11-9-15(3)7-6-8-16(4)10-12-18/h7,10,12,14,17H,6,8-9,11,13H2,1-5H3. The van der Waals surface area contributed by atoms with Gasteiger partial charge < -0.3 is 0 Å². The Morgan fingerprint density at radius 3 is 2.40 bits per heavy atom. The van der Waals surface area contributed by atoms with Crippen LogP contribution in [-0.4, -0.2) is 5.78 Å². The van der Waals surface area contributed by atoms with Crippen LogP contribution in [0.2, 0.25) is 0 Å². The van der Waals surface area contributed by atoms with E-state index in [1.807, 2.05) is 13.8 Å². The molecule has 1 atom stereocenters. The van der Waals surface area contributed by atoms with Crippen molar-refractivity contribution in [1.29, 1.82) is 0 Å². The van der Waals surface area contributed by atoms with Gasteiger partial charge in [-0.1, -0.05) is 55.7 Å². The van der Waals surface area contributed by atoms with Crippen molar-refractivity contribution in [2.24, 2.45) is 11.8 Å². The molecule has 0 fully saturated rings. The summed E-state index contributed by atoms with van der Waals surface area (Å²) in [6, 6.07) is 0. The molecule has 0 amide bonds. The lowest BCUT2D eigenvalue weighted by Crippen LogP contribution is -2.13. The molecule has 0 saturated carbocycles. The first-order valence-corrected chi connectivity index (χ1v) is 7.94. The lowest BCUT2D eigenvalue weighted by Gasteiger charge is -2.17. The molecule has 0 bridgehead atoms. The van der Waals surface area contributed by atoms with Gasteiger partial charge >= 0.3 is 0 Å². The Morgan fingerprint density at radius 2 is 1.75 bits per heavy atom. The molecule has 1 nitrogen and oxygen atoms in total. The van der Waals surface area contributed by atoms with Crippen molar-refractivity contribution in [1.82, 2.24) is 0 Å². The van der Waals surface area contributed by atoms with Crippen LogP contribution in [-0.2, 0) is 4.79 Å². The summed E-state index contributed by atoms with van der Waals surface area (Å²) in [7, 11) is 0. The lowest BCUT2D eigenvalue weighted by molar-refractivity contribution is -0.122. The lowest BCUT2D eigenvalue weighted by atomic mass is 9.87. The summed E-state index contributed by atoms with van der Waals surface area (Å²) in [5.41, 5.74) is 4.33. The number of carbonyl (C=O) groups excluding carboxylic acids is 1. The van der Waals surface area contributed by atoms with E-state index in [2.05, 4.69) is 39.0 Å². The van der Waals surface area contributed by atoms with Gasteiger partial charge in [0.05, 0.1) is 0 Å². The molecule has 20 heavy (non-hydrogen) atoms. The summed E-state index contributed by atoms with van der Waals surface area (Å²) < 4.78 is 0. The van der Waals surface area contributed by atoms with Crippen molar-refractivity contribution in [2.75, 3.05) is 0 Å². The first-order valence-electron chi connectivity index (χ1n) is 7.94. The van der Waals surface area contributed by atoms with Crippen LogP contribution >= 0.6 is 0 Å². The molecule has 0 N–H and O–H groups in total. The summed E-state index contributed by atoms with van der Waals surface area (Å²) in [6.07, 6.45) is 12.1. The fraction of sp³-hybridized carbons (Fsp3) is 0.632. The van der Waals surface area contributed by atoms with Crippen molar-refractivity contribution in [3.8, 4) is 0 Å². The van der Waals surface area contributed by atoms with Crippen LogP contribution in [0.25, 0.3) is 0 Å². The van der Waals surface area contributed by atoms with Crippen LogP contribution in [0, 0.1) is 11.8 Å². The third-order valence-corrected chi connectivity index (χ3v) is 4.21. The Kier molecular flexibility index (Phi) is 6.98. The topological polar surface area (TPSA) is 17.1 Å². The number of hydrogen-bond acceptors (Lipinski definition) is 1. The zero-order chi connectivity index (χ0) is 15.1. The zero-order valence-electron chi connectivity index (χ0n) is 13.8. The molecule has 0 saturated heterocycles. The molecule has 1 aliphatic rings. The van der Waals surface area contributed by atoms with Crippen molar-refractivity contribution >= 4 is 5.78 Å². The molecule has 0 heterocycles. The van der Waals surface area contributed by atoms with Gasteiger partial charge in [-0.05, 0) is 45.4 Å². The predicted molar refractivity (Wildman–Crippen MR) is 87.7 cm³/mol. The number of hydrogen-bond donors (Lipinski definition) is 0. The van der Waals surface area contributed by atoms with Crippen LogP contribution in [0.3, 0.4) is 0 Å². The Hall–Kier alpha value is -1.11. The van der Waals surface area contributed by atoms with E-state index in [0.29, 0.717) is 18.1 Å². The van der Waals surface area contributed by atoms with Crippen LogP contribution in [0.1, 0.15) is 66.7 Å². The Bertz CT molecular complexity index is 421. The molecule has 0 aromatic rings. The molecule has 1 rings (SSSR count). The molecule has 1 unspecified atom stereocenters. The minimum atomic E-state index is 0.150. The first kappa shape index (κ1) is 16.9. The Morgan fingerprint density at radius 1 is 1.05 bits per heavy atom. The maximum Gasteiger partial charge on any atom is 0.136 e. The van der Waals surface area contributed by atoms with Gasteiger partial charge in [-0.25, -0.2) is 0 Å². The van der Waals surface area contributed by atoms with Gasteiger partial charge in [0.1, 0.15) is 5.78 Å². The molecular weight excluding hydrogens is 244 g/mol. The van der Waals surface area contributed by atoms with Crippen molar-refractivity contribution < 1.29 is 4.79 Å². The monoisotopic (exact) mass is 274 g/mol. The summed E-state index contributed by atoms with van der Waals surface area (Å²) >= 11 is 0. The van der Waals surface area contributed by atoms with Crippen LogP contribution in [0.4, 0.5) is 0 Å². The molecule has 0 aromatic carbocycles. The summed E-state index contributed by atoms with van der Waals surface area (Å²) in [5.74, 6) is 0.890. The van der Waals surface area contributed by atoms with E-state index in [4.69, 9.17) is 0 Å². The van der Waals surface area contributed by atoms with Crippen LogP contribution < -0.4 is 0 Å². The smallest absolute Gasteiger partial charge is 0.136 e. The maximum atomic E-state index is 11.9. The van der Waals surface area contributed by atoms with Gasteiger partial charge in [-0.15, -0.1) is 0 Å².